The van der Waals surface area contributed by atoms with Crippen molar-refractivity contribution in [1.29, 1.82) is 0 Å². The van der Waals surface area contributed by atoms with Gasteiger partial charge in [-0.25, -0.2) is 17.9 Å². The lowest BCUT2D eigenvalue weighted by Crippen LogP contribution is -2.46. The van der Waals surface area contributed by atoms with Gasteiger partial charge in [-0.1, -0.05) is 36.4 Å². The Balaban J connectivity index is 1.05. The summed E-state index contributed by atoms with van der Waals surface area (Å²) in [4.78, 5) is 46.2. The number of sulfonamides is 1. The summed E-state index contributed by atoms with van der Waals surface area (Å²) >= 11 is 1.63. The summed E-state index contributed by atoms with van der Waals surface area (Å²) in [5, 5.41) is 15.4. The first-order valence-corrected chi connectivity index (χ1v) is 21.2. The Morgan fingerprint density at radius 1 is 0.965 bits per heavy atom. The summed E-state index contributed by atoms with van der Waals surface area (Å²) in [6.45, 7) is 8.71. The second-order valence-electron chi connectivity index (χ2n) is 15.1. The largest absolute Gasteiger partial charge is 0.441 e. The SMILES string of the molecule is CN(C)CC[C@H](CSc1ccccc1)Nc1ccc(S(=O)(=O)NC(=O)c2ccc(N3CCN(Cc4ccccc4N4CC(C)(C)OC4=O)CC3)cc2)cc1[N+](=O)[O-]. The number of thioether (sulfide) groups is 1. The lowest BCUT2D eigenvalue weighted by Gasteiger charge is -2.36. The van der Waals surface area contributed by atoms with Gasteiger partial charge < -0.3 is 19.9 Å². The molecule has 16 heteroatoms. The minimum atomic E-state index is -4.44. The number of nitrogens with one attached hydrogen (secondary N) is 2. The molecule has 2 heterocycles. The number of carbonyl (C=O) groups is 2. The predicted octanol–water partition coefficient (Wildman–Crippen LogP) is 6.30. The number of para-hydroxylation sites is 1. The monoisotopic (exact) mass is 815 g/mol. The number of hydrogen-bond acceptors (Lipinski definition) is 12. The first kappa shape index (κ1) is 41.5. The number of amides is 2. The maximum absolute atomic E-state index is 13.4. The molecule has 0 unspecified atom stereocenters. The number of rotatable bonds is 16. The first-order chi connectivity index (χ1) is 27.2. The highest BCUT2D eigenvalue weighted by molar-refractivity contribution is 7.99. The van der Waals surface area contributed by atoms with Gasteiger partial charge in [0.1, 0.15) is 11.3 Å². The quantitative estimate of drug-likeness (QED) is 0.0741. The highest BCUT2D eigenvalue weighted by Crippen LogP contribution is 2.32. The number of cyclic esters (lactones) is 1. The number of nitro benzene ring substituents is 1. The molecular weight excluding hydrogens is 767 g/mol. The summed E-state index contributed by atoms with van der Waals surface area (Å²) < 4.78 is 34.3. The van der Waals surface area contributed by atoms with Gasteiger partial charge in [-0.15, -0.1) is 11.8 Å². The van der Waals surface area contributed by atoms with Gasteiger partial charge >= 0.3 is 6.09 Å². The number of ether oxygens (including phenoxy) is 1. The highest BCUT2D eigenvalue weighted by atomic mass is 32.2. The average molecular weight is 816 g/mol. The Hall–Kier alpha value is -5.16. The standard InChI is InChI=1S/C41H49N7O7S2/c1-41(2)29-47(40(50)55-41)37-13-9-8-10-31(37)27-45-22-24-46(25-23-45)33-16-14-30(15-17-33)39(49)43-57(53,54)35-18-19-36(38(26-35)48(51)52)42-32(20-21-44(3)4)28-56-34-11-6-5-7-12-34/h5-19,26,32,42H,20-25,27-29H2,1-4H3,(H,43,49)/t32-/m1/s1. The molecule has 2 amide bonds. The molecule has 0 saturated carbocycles. The van der Waals surface area contributed by atoms with E-state index in [1.807, 2.05) is 87.4 Å². The number of piperazine rings is 1. The van der Waals surface area contributed by atoms with E-state index in [0.29, 0.717) is 25.3 Å². The van der Waals surface area contributed by atoms with Crippen LogP contribution in [0.3, 0.4) is 0 Å². The third-order valence-corrected chi connectivity index (χ3v) is 12.4. The molecule has 0 radical (unpaired) electrons. The van der Waals surface area contributed by atoms with Gasteiger partial charge in [0.15, 0.2) is 0 Å². The number of anilines is 3. The molecule has 4 aromatic carbocycles. The van der Waals surface area contributed by atoms with Crippen LogP contribution in [-0.4, -0.2) is 106 Å². The van der Waals surface area contributed by atoms with Gasteiger partial charge in [-0.2, -0.15) is 0 Å². The van der Waals surface area contributed by atoms with Crippen molar-refractivity contribution < 1.29 is 27.7 Å². The van der Waals surface area contributed by atoms with Crippen LogP contribution in [0.4, 0.5) is 27.5 Å². The molecule has 57 heavy (non-hydrogen) atoms. The van der Waals surface area contributed by atoms with E-state index in [-0.39, 0.29) is 23.4 Å². The number of benzene rings is 4. The van der Waals surface area contributed by atoms with Crippen LogP contribution in [0.5, 0.6) is 0 Å². The summed E-state index contributed by atoms with van der Waals surface area (Å²) in [5.74, 6) is -0.213. The van der Waals surface area contributed by atoms with Crippen molar-refractivity contribution in [3.8, 4) is 0 Å². The second kappa shape index (κ2) is 18.0. The molecule has 0 aliphatic carbocycles. The van der Waals surface area contributed by atoms with Gasteiger partial charge in [0.05, 0.1) is 22.1 Å². The molecule has 302 valence electrons. The van der Waals surface area contributed by atoms with E-state index in [1.54, 1.807) is 40.9 Å². The Morgan fingerprint density at radius 3 is 2.30 bits per heavy atom. The summed E-state index contributed by atoms with van der Waals surface area (Å²) in [5.41, 5.74) is 2.17. The number of nitro groups is 1. The Bertz CT molecular complexity index is 2160. The fourth-order valence-electron chi connectivity index (χ4n) is 6.83. The molecule has 2 aliphatic heterocycles. The Kier molecular flexibility index (Phi) is 13.1. The molecule has 2 aliphatic rings. The van der Waals surface area contributed by atoms with Crippen LogP contribution in [0.2, 0.25) is 0 Å². The molecule has 2 N–H and O–H groups in total. The fourth-order valence-corrected chi connectivity index (χ4v) is 8.81. The van der Waals surface area contributed by atoms with Crippen LogP contribution < -0.4 is 19.8 Å². The molecule has 0 bridgehead atoms. The highest BCUT2D eigenvalue weighted by Gasteiger charge is 2.39. The zero-order chi connectivity index (χ0) is 40.7. The molecule has 4 aromatic rings. The Labute approximate surface area is 338 Å². The summed E-state index contributed by atoms with van der Waals surface area (Å²) in [6.07, 6.45) is 0.356. The topological polar surface area (TPSA) is 158 Å². The lowest BCUT2D eigenvalue weighted by molar-refractivity contribution is -0.384. The smallest absolute Gasteiger partial charge is 0.415 e. The molecule has 2 saturated heterocycles. The van der Waals surface area contributed by atoms with Crippen LogP contribution >= 0.6 is 11.8 Å². The lowest BCUT2D eigenvalue weighted by atomic mass is 10.1. The summed E-state index contributed by atoms with van der Waals surface area (Å²) in [7, 11) is -0.537. The van der Waals surface area contributed by atoms with Crippen LogP contribution in [-0.2, 0) is 21.3 Å². The molecule has 2 fully saturated rings. The second-order valence-corrected chi connectivity index (χ2v) is 17.9. The maximum atomic E-state index is 13.4. The van der Waals surface area contributed by atoms with Crippen molar-refractivity contribution >= 4 is 56.5 Å². The maximum Gasteiger partial charge on any atom is 0.415 e. The van der Waals surface area contributed by atoms with Crippen molar-refractivity contribution in [2.75, 3.05) is 74.2 Å². The van der Waals surface area contributed by atoms with E-state index < -0.39 is 37.0 Å². The van der Waals surface area contributed by atoms with Gasteiger partial charge in [0, 0.05) is 66.7 Å². The van der Waals surface area contributed by atoms with Crippen molar-refractivity contribution in [2.24, 2.45) is 0 Å². The minimum absolute atomic E-state index is 0.133. The van der Waals surface area contributed by atoms with Crippen LogP contribution in [0.15, 0.2) is 107 Å². The number of carbonyl (C=O) groups excluding carboxylic acids is 2. The molecule has 0 aromatic heterocycles. The van der Waals surface area contributed by atoms with Crippen LogP contribution in [0.1, 0.15) is 36.2 Å². The van der Waals surface area contributed by atoms with Crippen molar-refractivity contribution in [3.63, 3.8) is 0 Å². The minimum Gasteiger partial charge on any atom is -0.441 e. The van der Waals surface area contributed by atoms with E-state index >= 15 is 0 Å². The van der Waals surface area contributed by atoms with E-state index in [9.17, 15) is 28.1 Å². The third kappa shape index (κ3) is 10.8. The van der Waals surface area contributed by atoms with Gasteiger partial charge in [0.25, 0.3) is 21.6 Å². The van der Waals surface area contributed by atoms with Gasteiger partial charge in [-0.05, 0) is 101 Å². The van der Waals surface area contributed by atoms with E-state index in [1.165, 1.54) is 12.1 Å². The summed E-state index contributed by atoms with van der Waals surface area (Å²) in [6, 6.07) is 27.9. The third-order valence-electron chi connectivity index (χ3n) is 9.85. The van der Waals surface area contributed by atoms with Crippen molar-refractivity contribution in [3.05, 3.63) is 118 Å². The Morgan fingerprint density at radius 2 is 1.65 bits per heavy atom. The van der Waals surface area contributed by atoms with E-state index in [0.717, 1.165) is 60.6 Å². The van der Waals surface area contributed by atoms with E-state index in [4.69, 9.17) is 4.74 Å². The zero-order valence-corrected chi connectivity index (χ0v) is 34.2. The number of hydrogen-bond donors (Lipinski definition) is 2. The van der Waals surface area contributed by atoms with Crippen molar-refractivity contribution in [1.82, 2.24) is 14.5 Å². The van der Waals surface area contributed by atoms with Gasteiger partial charge in [-0.3, -0.25) is 24.7 Å². The average Bonchev–Trinajstić information content (AvgIpc) is 3.47. The van der Waals surface area contributed by atoms with E-state index in [2.05, 4.69) is 19.8 Å². The van der Waals surface area contributed by atoms with Gasteiger partial charge in [0.2, 0.25) is 0 Å². The normalized spacial score (nSPS) is 16.3. The molecule has 14 nitrogen and oxygen atoms in total. The first-order valence-electron chi connectivity index (χ1n) is 18.8. The number of nitrogens with zero attached hydrogens (tertiary/aromatic N) is 5. The molecular formula is C41H49N7O7S2. The molecule has 1 atom stereocenters. The van der Waals surface area contributed by atoms with Crippen molar-refractivity contribution in [2.45, 2.75) is 48.2 Å². The molecule has 6 rings (SSSR count). The fraction of sp³-hybridized carbons (Fsp3) is 0.366. The predicted molar refractivity (Wildman–Crippen MR) is 224 cm³/mol. The molecule has 0 spiro atoms. The van der Waals surface area contributed by atoms with Crippen LogP contribution in [0, 0.1) is 10.1 Å². The van der Waals surface area contributed by atoms with Crippen LogP contribution in [0.25, 0.3) is 0 Å². The zero-order valence-electron chi connectivity index (χ0n) is 32.6.